The Morgan fingerprint density at radius 1 is 1.09 bits per heavy atom. The molecule has 172 valence electrons. The maximum absolute atomic E-state index is 12.8. The molecule has 2 N–H and O–H groups in total. The third-order valence-electron chi connectivity index (χ3n) is 6.27. The van der Waals surface area contributed by atoms with Crippen LogP contribution in [0.1, 0.15) is 45.1 Å². The van der Waals surface area contributed by atoms with E-state index in [1.807, 2.05) is 42.5 Å². The molecule has 1 aliphatic rings. The molecule has 0 spiro atoms. The monoisotopic (exact) mass is 438 g/mol. The minimum absolute atomic E-state index is 0.0524. The van der Waals surface area contributed by atoms with Crippen LogP contribution in [0.3, 0.4) is 0 Å². The Labute approximate surface area is 190 Å². The van der Waals surface area contributed by atoms with Crippen LogP contribution in [0.4, 0.5) is 5.69 Å². The Balaban J connectivity index is 1.49. The molecule has 0 aromatic heterocycles. The number of rotatable bonds is 9. The molecule has 0 aliphatic carbocycles. The van der Waals surface area contributed by atoms with Gasteiger partial charge in [-0.15, -0.1) is 0 Å². The molecule has 1 aliphatic heterocycles. The minimum Gasteiger partial charge on any atom is -0.494 e. The van der Waals surface area contributed by atoms with Gasteiger partial charge in [0.2, 0.25) is 11.8 Å². The van der Waals surface area contributed by atoms with Crippen molar-refractivity contribution in [1.29, 1.82) is 0 Å². The highest BCUT2D eigenvalue weighted by Gasteiger charge is 2.41. The number of anilines is 1. The van der Waals surface area contributed by atoms with Crippen LogP contribution in [0, 0.1) is 5.92 Å². The molecule has 32 heavy (non-hydrogen) atoms. The molecule has 0 radical (unpaired) electrons. The van der Waals surface area contributed by atoms with Crippen LogP contribution in [0.5, 0.6) is 5.75 Å². The van der Waals surface area contributed by atoms with Crippen LogP contribution in [-0.4, -0.2) is 47.1 Å². The van der Waals surface area contributed by atoms with Gasteiger partial charge in [-0.1, -0.05) is 50.6 Å². The van der Waals surface area contributed by atoms with Crippen molar-refractivity contribution >= 4 is 17.5 Å². The van der Waals surface area contributed by atoms with Crippen LogP contribution >= 0.6 is 0 Å². The van der Waals surface area contributed by atoms with Gasteiger partial charge < -0.3 is 20.1 Å². The van der Waals surface area contributed by atoms with Crippen LogP contribution in [0.2, 0.25) is 0 Å². The molecule has 1 heterocycles. The Morgan fingerprint density at radius 3 is 2.38 bits per heavy atom. The number of hydrogen-bond donors (Lipinski definition) is 2. The number of likely N-dealkylation sites (tertiary alicyclic amines) is 1. The van der Waals surface area contributed by atoms with Crippen molar-refractivity contribution in [2.24, 2.45) is 5.92 Å². The van der Waals surface area contributed by atoms with E-state index < -0.39 is 11.5 Å². The zero-order valence-corrected chi connectivity index (χ0v) is 19.0. The van der Waals surface area contributed by atoms with E-state index in [0.29, 0.717) is 44.6 Å². The summed E-state index contributed by atoms with van der Waals surface area (Å²) in [6.45, 7) is 5.44. The molecule has 2 aromatic rings. The highest BCUT2D eigenvalue weighted by Crippen LogP contribution is 2.31. The van der Waals surface area contributed by atoms with Gasteiger partial charge in [-0.3, -0.25) is 9.59 Å². The van der Waals surface area contributed by atoms with Gasteiger partial charge >= 0.3 is 0 Å². The Morgan fingerprint density at radius 2 is 1.75 bits per heavy atom. The number of benzene rings is 2. The molecule has 0 bridgehead atoms. The predicted octanol–water partition coefficient (Wildman–Crippen LogP) is 4.04. The van der Waals surface area contributed by atoms with E-state index in [4.69, 9.17) is 4.74 Å². The second kappa shape index (κ2) is 11.1. The highest BCUT2D eigenvalue weighted by molar-refractivity contribution is 5.93. The fraction of sp³-hybridized carbons (Fsp3) is 0.462. The molecule has 3 rings (SSSR count). The molecule has 2 amide bonds. The molecule has 1 saturated heterocycles. The van der Waals surface area contributed by atoms with Crippen molar-refractivity contribution in [3.8, 4) is 5.75 Å². The first-order valence-corrected chi connectivity index (χ1v) is 11.5. The molecule has 1 fully saturated rings. The third-order valence-corrected chi connectivity index (χ3v) is 6.27. The SMILES string of the molecule is CCCCOc1ccc(NC(=O)C(C)C2(O)CCN(C(=O)Cc3ccccc3)CC2)cc1. The van der Waals surface area contributed by atoms with E-state index in [1.165, 1.54) is 0 Å². The van der Waals surface area contributed by atoms with E-state index in [-0.39, 0.29) is 11.8 Å². The summed E-state index contributed by atoms with van der Waals surface area (Å²) >= 11 is 0. The summed E-state index contributed by atoms with van der Waals surface area (Å²) in [5.41, 5.74) is 0.521. The summed E-state index contributed by atoms with van der Waals surface area (Å²) < 4.78 is 5.65. The maximum Gasteiger partial charge on any atom is 0.230 e. The maximum atomic E-state index is 12.8. The Kier molecular flexibility index (Phi) is 8.28. The molecular weight excluding hydrogens is 404 g/mol. The van der Waals surface area contributed by atoms with Gasteiger partial charge in [0.05, 0.1) is 24.5 Å². The standard InChI is InChI=1S/C26H34N2O4/c1-3-4-18-32-23-12-10-22(11-13-23)27-25(30)20(2)26(31)14-16-28(17-15-26)24(29)19-21-8-6-5-7-9-21/h5-13,20,31H,3-4,14-19H2,1-2H3,(H,27,30). The summed E-state index contributed by atoms with van der Waals surface area (Å²) in [7, 11) is 0. The van der Waals surface area contributed by atoms with Crippen LogP contribution in [0.15, 0.2) is 54.6 Å². The second-order valence-electron chi connectivity index (χ2n) is 8.58. The number of amides is 2. The number of nitrogens with one attached hydrogen (secondary N) is 1. The summed E-state index contributed by atoms with van der Waals surface area (Å²) in [5, 5.41) is 14.0. The summed E-state index contributed by atoms with van der Waals surface area (Å²) in [4.78, 5) is 27.2. The first-order valence-electron chi connectivity index (χ1n) is 11.5. The van der Waals surface area contributed by atoms with Gasteiger partial charge in [0, 0.05) is 18.8 Å². The van der Waals surface area contributed by atoms with Gasteiger partial charge in [-0.05, 0) is 49.1 Å². The number of nitrogens with zero attached hydrogens (tertiary/aromatic N) is 1. The average Bonchev–Trinajstić information content (AvgIpc) is 2.81. The van der Waals surface area contributed by atoms with Gasteiger partial charge in [0.25, 0.3) is 0 Å². The predicted molar refractivity (Wildman–Crippen MR) is 126 cm³/mol. The Bertz CT molecular complexity index is 874. The van der Waals surface area contributed by atoms with Crippen molar-refractivity contribution in [2.75, 3.05) is 25.0 Å². The average molecular weight is 439 g/mol. The van der Waals surface area contributed by atoms with Crippen molar-refractivity contribution in [2.45, 2.75) is 51.6 Å². The van der Waals surface area contributed by atoms with E-state index >= 15 is 0 Å². The quantitative estimate of drug-likeness (QED) is 0.579. The summed E-state index contributed by atoms with van der Waals surface area (Å²) in [6.07, 6.45) is 3.20. The zero-order chi connectivity index (χ0) is 23.0. The first-order chi connectivity index (χ1) is 15.4. The van der Waals surface area contributed by atoms with Crippen molar-refractivity contribution in [1.82, 2.24) is 4.90 Å². The van der Waals surface area contributed by atoms with Gasteiger partial charge in [-0.25, -0.2) is 0 Å². The van der Waals surface area contributed by atoms with Gasteiger partial charge in [0.1, 0.15) is 5.75 Å². The zero-order valence-electron chi connectivity index (χ0n) is 19.0. The van der Waals surface area contributed by atoms with Crippen LogP contribution in [-0.2, 0) is 16.0 Å². The van der Waals surface area contributed by atoms with Crippen molar-refractivity contribution < 1.29 is 19.4 Å². The first kappa shape index (κ1) is 23.8. The molecular formula is C26H34N2O4. The lowest BCUT2D eigenvalue weighted by Crippen LogP contribution is -2.52. The molecule has 2 aromatic carbocycles. The van der Waals surface area contributed by atoms with Gasteiger partial charge in [0.15, 0.2) is 0 Å². The van der Waals surface area contributed by atoms with E-state index in [2.05, 4.69) is 12.2 Å². The van der Waals surface area contributed by atoms with Crippen molar-refractivity contribution in [3.05, 3.63) is 60.2 Å². The minimum atomic E-state index is -1.13. The van der Waals surface area contributed by atoms with E-state index in [1.54, 1.807) is 24.0 Å². The topological polar surface area (TPSA) is 78.9 Å². The highest BCUT2D eigenvalue weighted by atomic mass is 16.5. The van der Waals surface area contributed by atoms with E-state index in [9.17, 15) is 14.7 Å². The number of unbranched alkanes of at least 4 members (excludes halogenated alkanes) is 1. The third kappa shape index (κ3) is 6.33. The second-order valence-corrected chi connectivity index (χ2v) is 8.58. The molecule has 6 heteroatoms. The van der Waals surface area contributed by atoms with Gasteiger partial charge in [-0.2, -0.15) is 0 Å². The summed E-state index contributed by atoms with van der Waals surface area (Å²) in [5.74, 6) is 0.0119. The fourth-order valence-electron chi connectivity index (χ4n) is 3.92. The number of carbonyl (C=O) groups is 2. The normalized spacial score (nSPS) is 16.3. The van der Waals surface area contributed by atoms with E-state index in [0.717, 1.165) is 24.2 Å². The number of hydrogen-bond acceptors (Lipinski definition) is 4. The van der Waals surface area contributed by atoms with Crippen LogP contribution in [0.25, 0.3) is 0 Å². The molecule has 1 atom stereocenters. The largest absolute Gasteiger partial charge is 0.494 e. The number of piperidine rings is 1. The van der Waals surface area contributed by atoms with Crippen LogP contribution < -0.4 is 10.1 Å². The molecule has 6 nitrogen and oxygen atoms in total. The lowest BCUT2D eigenvalue weighted by atomic mass is 9.80. The van der Waals surface area contributed by atoms with Crippen molar-refractivity contribution in [3.63, 3.8) is 0 Å². The lowest BCUT2D eigenvalue weighted by molar-refractivity contribution is -0.140. The number of ether oxygens (including phenoxy) is 1. The smallest absolute Gasteiger partial charge is 0.230 e. The molecule has 1 unspecified atom stereocenters. The number of carbonyl (C=O) groups excluding carboxylic acids is 2. The summed E-state index contributed by atoms with van der Waals surface area (Å²) in [6, 6.07) is 16.9. The Hall–Kier alpha value is -2.86. The fourth-order valence-corrected chi connectivity index (χ4v) is 3.92. The number of aliphatic hydroxyl groups is 1. The lowest BCUT2D eigenvalue weighted by Gasteiger charge is -2.41. The molecule has 0 saturated carbocycles.